The van der Waals surface area contributed by atoms with Crippen LogP contribution in [0.4, 0.5) is 13.2 Å². The van der Waals surface area contributed by atoms with Crippen molar-refractivity contribution in [3.05, 3.63) is 127 Å². The summed E-state index contributed by atoms with van der Waals surface area (Å²) in [4.78, 5) is 4.31. The molecule has 0 saturated heterocycles. The van der Waals surface area contributed by atoms with Crippen LogP contribution in [0.1, 0.15) is 5.56 Å². The van der Waals surface area contributed by atoms with Gasteiger partial charge in [-0.25, -0.2) is 4.98 Å². The summed E-state index contributed by atoms with van der Waals surface area (Å²) in [6, 6.07) is 36.1. The molecule has 2 heterocycles. The number of hydrogen-bond donors (Lipinski definition) is 0. The summed E-state index contributed by atoms with van der Waals surface area (Å²) < 4.78 is 44.6. The quantitative estimate of drug-likeness (QED) is 0.234. The summed E-state index contributed by atoms with van der Waals surface area (Å²) >= 11 is 0. The van der Waals surface area contributed by atoms with Gasteiger partial charge in [0.25, 0.3) is 0 Å². The Morgan fingerprint density at radius 2 is 1.03 bits per heavy atom. The Bertz CT molecular complexity index is 1990. The van der Waals surface area contributed by atoms with Gasteiger partial charge in [-0.05, 0) is 92.7 Å². The minimum Gasteiger partial charge on any atom is -0.438 e. The molecular formula is C34H20F3NO. The van der Waals surface area contributed by atoms with E-state index in [4.69, 9.17) is 4.42 Å². The van der Waals surface area contributed by atoms with Gasteiger partial charge in [-0.1, -0.05) is 66.7 Å². The molecule has 0 aliphatic heterocycles. The predicted molar refractivity (Wildman–Crippen MR) is 150 cm³/mol. The van der Waals surface area contributed by atoms with Crippen molar-refractivity contribution >= 4 is 32.8 Å². The van der Waals surface area contributed by atoms with E-state index in [1.807, 2.05) is 36.4 Å². The van der Waals surface area contributed by atoms with Crippen molar-refractivity contribution in [2.45, 2.75) is 6.18 Å². The van der Waals surface area contributed by atoms with Crippen LogP contribution in [0.25, 0.3) is 66.2 Å². The third-order valence-electron chi connectivity index (χ3n) is 7.18. The molecule has 0 atom stereocenters. The zero-order valence-corrected chi connectivity index (χ0v) is 20.5. The first kappa shape index (κ1) is 23.2. The molecule has 5 heteroatoms. The van der Waals surface area contributed by atoms with Gasteiger partial charge < -0.3 is 4.42 Å². The van der Waals surface area contributed by atoms with Crippen LogP contribution in [0.2, 0.25) is 0 Å². The van der Waals surface area contributed by atoms with Gasteiger partial charge in [-0.15, -0.1) is 0 Å². The predicted octanol–water partition coefficient (Wildman–Crippen LogP) is 10.2. The molecule has 0 N–H and O–H groups in total. The van der Waals surface area contributed by atoms with Gasteiger partial charge in [0.2, 0.25) is 5.71 Å². The van der Waals surface area contributed by atoms with Gasteiger partial charge in [-0.2, -0.15) is 13.2 Å². The number of nitrogens with zero attached hydrogens (tertiary/aromatic N) is 1. The number of furan rings is 1. The Hall–Kier alpha value is -4.90. The standard InChI is InChI=1S/C34H20F3NO/c35-34(36,37)29-14-11-23(12-15-29)25-8-10-26-18-24(7-9-27(26)19-25)21-3-5-22(6-4-21)28-13-16-32-31(20-28)30-2-1-17-38-33(30)39-32/h1-20H. The zero-order valence-electron chi connectivity index (χ0n) is 20.5. The van der Waals surface area contributed by atoms with Crippen molar-refractivity contribution < 1.29 is 17.6 Å². The van der Waals surface area contributed by atoms with Crippen molar-refractivity contribution in [3.8, 4) is 33.4 Å². The first-order valence-electron chi connectivity index (χ1n) is 12.5. The fourth-order valence-electron chi connectivity index (χ4n) is 5.10. The van der Waals surface area contributed by atoms with Crippen LogP contribution in [0, 0.1) is 0 Å². The fourth-order valence-corrected chi connectivity index (χ4v) is 5.10. The van der Waals surface area contributed by atoms with Crippen LogP contribution in [0.5, 0.6) is 0 Å². The lowest BCUT2D eigenvalue weighted by atomic mass is 9.96. The maximum absolute atomic E-state index is 12.9. The number of rotatable bonds is 3. The Kier molecular flexibility index (Phi) is 5.27. The maximum Gasteiger partial charge on any atom is 0.416 e. The average Bonchev–Trinajstić information content (AvgIpc) is 3.34. The Balaban J connectivity index is 1.17. The molecule has 7 aromatic rings. The Labute approximate surface area is 222 Å². The van der Waals surface area contributed by atoms with Gasteiger partial charge >= 0.3 is 6.18 Å². The zero-order chi connectivity index (χ0) is 26.6. The van der Waals surface area contributed by atoms with E-state index in [-0.39, 0.29) is 0 Å². The molecule has 2 aromatic heterocycles. The smallest absolute Gasteiger partial charge is 0.416 e. The molecule has 0 spiro atoms. The third kappa shape index (κ3) is 4.22. The van der Waals surface area contributed by atoms with Crippen molar-refractivity contribution in [1.82, 2.24) is 4.98 Å². The second-order valence-corrected chi connectivity index (χ2v) is 9.60. The topological polar surface area (TPSA) is 26.0 Å². The molecular weight excluding hydrogens is 495 g/mol. The van der Waals surface area contributed by atoms with Gasteiger partial charge in [0.1, 0.15) is 5.58 Å². The van der Waals surface area contributed by atoms with Crippen LogP contribution >= 0.6 is 0 Å². The maximum atomic E-state index is 12.9. The van der Waals surface area contributed by atoms with Crippen molar-refractivity contribution in [2.24, 2.45) is 0 Å². The van der Waals surface area contributed by atoms with Gasteiger partial charge in [0.05, 0.1) is 5.56 Å². The fraction of sp³-hybridized carbons (Fsp3) is 0.0294. The van der Waals surface area contributed by atoms with Gasteiger partial charge in [0, 0.05) is 17.0 Å². The van der Waals surface area contributed by atoms with E-state index < -0.39 is 11.7 Å². The van der Waals surface area contributed by atoms with Crippen molar-refractivity contribution in [1.29, 1.82) is 0 Å². The minimum absolute atomic E-state index is 0.641. The molecule has 0 amide bonds. The molecule has 2 nitrogen and oxygen atoms in total. The molecule has 39 heavy (non-hydrogen) atoms. The van der Waals surface area contributed by atoms with Crippen LogP contribution in [-0.2, 0) is 6.18 Å². The van der Waals surface area contributed by atoms with Gasteiger partial charge in [0.15, 0.2) is 0 Å². The lowest BCUT2D eigenvalue weighted by Crippen LogP contribution is -2.03. The first-order valence-corrected chi connectivity index (χ1v) is 12.5. The summed E-state index contributed by atoms with van der Waals surface area (Å²) in [5, 5.41) is 4.15. The summed E-state index contributed by atoms with van der Waals surface area (Å²) in [5.41, 5.74) is 6.87. The monoisotopic (exact) mass is 515 g/mol. The highest BCUT2D eigenvalue weighted by Gasteiger charge is 2.30. The summed E-state index contributed by atoms with van der Waals surface area (Å²) in [5.74, 6) is 0. The molecule has 0 bridgehead atoms. The van der Waals surface area contributed by atoms with E-state index >= 15 is 0 Å². The first-order chi connectivity index (χ1) is 18.9. The second kappa shape index (κ2) is 8.84. The SMILES string of the molecule is FC(F)(F)c1ccc(-c2ccc3cc(-c4ccc(-c5ccc6oc7ncccc7c6c5)cc4)ccc3c2)cc1. The minimum atomic E-state index is -4.34. The van der Waals surface area contributed by atoms with Crippen molar-refractivity contribution in [3.63, 3.8) is 0 Å². The lowest BCUT2D eigenvalue weighted by Gasteiger charge is -2.10. The molecule has 0 aliphatic rings. The van der Waals surface area contributed by atoms with Crippen LogP contribution < -0.4 is 0 Å². The number of hydrogen-bond acceptors (Lipinski definition) is 2. The highest BCUT2D eigenvalue weighted by Crippen LogP contribution is 2.34. The normalized spacial score (nSPS) is 12.0. The van der Waals surface area contributed by atoms with Gasteiger partial charge in [-0.3, -0.25) is 0 Å². The van der Waals surface area contributed by atoms with E-state index in [9.17, 15) is 13.2 Å². The largest absolute Gasteiger partial charge is 0.438 e. The molecule has 188 valence electrons. The van der Waals surface area contributed by atoms with Crippen LogP contribution in [0.3, 0.4) is 0 Å². The third-order valence-corrected chi connectivity index (χ3v) is 7.18. The number of aromatic nitrogens is 1. The number of benzene rings is 5. The number of alkyl halides is 3. The molecule has 0 saturated carbocycles. The molecule has 0 aliphatic carbocycles. The highest BCUT2D eigenvalue weighted by molar-refractivity contribution is 6.05. The molecule has 0 fully saturated rings. The Morgan fingerprint density at radius 3 is 1.62 bits per heavy atom. The number of fused-ring (bicyclic) bond motifs is 4. The number of pyridine rings is 1. The summed E-state index contributed by atoms with van der Waals surface area (Å²) in [7, 11) is 0. The molecule has 0 unspecified atom stereocenters. The highest BCUT2D eigenvalue weighted by atomic mass is 19.4. The van der Waals surface area contributed by atoms with Crippen LogP contribution in [-0.4, -0.2) is 4.98 Å². The Morgan fingerprint density at radius 1 is 0.513 bits per heavy atom. The molecule has 0 radical (unpaired) electrons. The summed E-state index contributed by atoms with van der Waals surface area (Å²) in [6.45, 7) is 0. The lowest BCUT2D eigenvalue weighted by molar-refractivity contribution is -0.137. The van der Waals surface area contributed by atoms with E-state index in [0.29, 0.717) is 5.71 Å². The molecule has 5 aromatic carbocycles. The number of halogens is 3. The van der Waals surface area contributed by atoms with Crippen molar-refractivity contribution in [2.75, 3.05) is 0 Å². The van der Waals surface area contributed by atoms with E-state index in [1.54, 1.807) is 6.20 Å². The van der Waals surface area contributed by atoms with E-state index in [2.05, 4.69) is 59.6 Å². The molecule has 7 rings (SSSR count). The average molecular weight is 516 g/mol. The second-order valence-electron chi connectivity index (χ2n) is 9.60. The van der Waals surface area contributed by atoms with Crippen LogP contribution in [0.15, 0.2) is 126 Å². The summed E-state index contributed by atoms with van der Waals surface area (Å²) in [6.07, 6.45) is -2.61. The van der Waals surface area contributed by atoms with E-state index in [1.165, 1.54) is 12.1 Å². The van der Waals surface area contributed by atoms with E-state index in [0.717, 1.165) is 72.6 Å².